The molecule has 0 fully saturated rings. The van der Waals surface area contributed by atoms with Crippen molar-refractivity contribution in [2.24, 2.45) is 0 Å². The summed E-state index contributed by atoms with van der Waals surface area (Å²) in [5.74, 6) is 0. The Morgan fingerprint density at radius 1 is 1.67 bits per heavy atom. The molecule has 0 aliphatic rings. The van der Waals surface area contributed by atoms with Crippen molar-refractivity contribution >= 4 is 36.0 Å². The molecule has 0 spiro atoms. The fraction of sp³-hybridized carbons (Fsp3) is 0.800. The molecule has 9 heavy (non-hydrogen) atoms. The van der Waals surface area contributed by atoms with Crippen LogP contribution in [-0.2, 0) is 9.63 Å². The summed E-state index contributed by atoms with van der Waals surface area (Å²) in [6.07, 6.45) is 2.14. The number of nitrogens with one attached hydrogen (secondary N) is 1. The number of carbonyl (C=O) groups is 1. The van der Waals surface area contributed by atoms with E-state index in [1.807, 2.05) is 0 Å². The normalized spacial score (nSPS) is 7.67. The van der Waals surface area contributed by atoms with Gasteiger partial charge in [0.2, 0.25) is 0 Å². The fourth-order valence-electron chi connectivity index (χ4n) is 0.342. The molecule has 0 radical (unpaired) electrons. The van der Waals surface area contributed by atoms with Crippen molar-refractivity contribution in [3.63, 3.8) is 0 Å². The third-order valence-electron chi connectivity index (χ3n) is 0.764. The van der Waals surface area contributed by atoms with Gasteiger partial charge in [-0.25, -0.2) is 0 Å². The zero-order chi connectivity index (χ0) is 6.24. The van der Waals surface area contributed by atoms with E-state index in [0.717, 1.165) is 19.4 Å². The molecule has 0 bridgehead atoms. The van der Waals surface area contributed by atoms with Crippen molar-refractivity contribution in [2.45, 2.75) is 19.8 Å². The van der Waals surface area contributed by atoms with E-state index in [0.29, 0.717) is 6.47 Å². The molecular weight excluding hydrogens is 129 g/mol. The SMILES string of the molecule is CCCCNOC=O.[NaH]. The molecule has 0 atom stereocenters. The van der Waals surface area contributed by atoms with Gasteiger partial charge in [0.25, 0.3) is 0 Å². The molecule has 50 valence electrons. The van der Waals surface area contributed by atoms with Gasteiger partial charge in [-0.05, 0) is 6.42 Å². The first-order chi connectivity index (χ1) is 3.91. The molecule has 0 saturated carbocycles. The molecule has 0 aromatic carbocycles. The number of hydroxylamine groups is 1. The van der Waals surface area contributed by atoms with Crippen LogP contribution in [0.15, 0.2) is 0 Å². The van der Waals surface area contributed by atoms with Crippen LogP contribution < -0.4 is 5.48 Å². The summed E-state index contributed by atoms with van der Waals surface area (Å²) < 4.78 is 0. The van der Waals surface area contributed by atoms with E-state index >= 15 is 0 Å². The van der Waals surface area contributed by atoms with Crippen molar-refractivity contribution in [3.8, 4) is 0 Å². The maximum absolute atomic E-state index is 9.48. The Morgan fingerprint density at radius 2 is 2.33 bits per heavy atom. The van der Waals surface area contributed by atoms with Gasteiger partial charge in [-0.1, -0.05) is 13.3 Å². The first-order valence-corrected chi connectivity index (χ1v) is 2.74. The molecule has 0 aromatic rings. The molecule has 1 N–H and O–H groups in total. The van der Waals surface area contributed by atoms with Crippen LogP contribution >= 0.6 is 0 Å². The van der Waals surface area contributed by atoms with Crippen LogP contribution in [0.1, 0.15) is 19.8 Å². The second kappa shape index (κ2) is 11.3. The van der Waals surface area contributed by atoms with Gasteiger partial charge in [0.05, 0.1) is 0 Å². The van der Waals surface area contributed by atoms with E-state index < -0.39 is 0 Å². The van der Waals surface area contributed by atoms with Crippen LogP contribution in [-0.4, -0.2) is 42.6 Å². The molecule has 0 heterocycles. The maximum atomic E-state index is 9.48. The number of rotatable bonds is 5. The number of carbonyl (C=O) groups excluding carboxylic acids is 1. The predicted octanol–water partition coefficient (Wildman–Crippen LogP) is -0.184. The average Bonchev–Trinajstić information content (AvgIpc) is 1.81. The molecule has 0 rings (SSSR count). The van der Waals surface area contributed by atoms with Crippen LogP contribution in [0.25, 0.3) is 0 Å². The number of hydrogen-bond donors (Lipinski definition) is 1. The van der Waals surface area contributed by atoms with E-state index in [9.17, 15) is 4.79 Å². The molecule has 0 amide bonds. The Balaban J connectivity index is 0. The second-order valence-electron chi connectivity index (χ2n) is 1.46. The van der Waals surface area contributed by atoms with E-state index in [1.165, 1.54) is 0 Å². The molecule has 0 aliphatic carbocycles. The predicted molar refractivity (Wildman–Crippen MR) is 37.2 cm³/mol. The molecule has 3 nitrogen and oxygen atoms in total. The minimum atomic E-state index is 0. The molecule has 0 saturated heterocycles. The zero-order valence-electron chi connectivity index (χ0n) is 5.02. The summed E-state index contributed by atoms with van der Waals surface area (Å²) >= 11 is 0. The zero-order valence-corrected chi connectivity index (χ0v) is 5.02. The summed E-state index contributed by atoms with van der Waals surface area (Å²) in [5.41, 5.74) is 2.47. The average molecular weight is 141 g/mol. The summed E-state index contributed by atoms with van der Waals surface area (Å²) in [6, 6.07) is 0. The number of hydrogen-bond acceptors (Lipinski definition) is 3. The summed E-state index contributed by atoms with van der Waals surface area (Å²) in [7, 11) is 0. The Bertz CT molecular complexity index is 60.9. The van der Waals surface area contributed by atoms with Crippen molar-refractivity contribution in [2.75, 3.05) is 6.54 Å². The molecular formula is C5H12NNaO2. The number of unbranched alkanes of at least 4 members (excludes halogenated alkanes) is 1. The molecule has 4 heteroatoms. The first-order valence-electron chi connectivity index (χ1n) is 2.74. The Labute approximate surface area is 77.4 Å². The Morgan fingerprint density at radius 3 is 2.78 bits per heavy atom. The van der Waals surface area contributed by atoms with E-state index in [4.69, 9.17) is 0 Å². The topological polar surface area (TPSA) is 38.3 Å². The quantitative estimate of drug-likeness (QED) is 0.250. The van der Waals surface area contributed by atoms with Crippen LogP contribution in [0.2, 0.25) is 0 Å². The van der Waals surface area contributed by atoms with Crippen LogP contribution in [0.3, 0.4) is 0 Å². The Hall–Kier alpha value is 0.430. The summed E-state index contributed by atoms with van der Waals surface area (Å²) in [6.45, 7) is 3.20. The third-order valence-corrected chi connectivity index (χ3v) is 0.764. The van der Waals surface area contributed by atoms with Crippen molar-refractivity contribution in [3.05, 3.63) is 0 Å². The van der Waals surface area contributed by atoms with Gasteiger partial charge in [-0.2, -0.15) is 5.48 Å². The van der Waals surface area contributed by atoms with E-state index in [1.54, 1.807) is 0 Å². The van der Waals surface area contributed by atoms with Gasteiger partial charge in [-0.3, -0.25) is 4.79 Å². The van der Waals surface area contributed by atoms with Crippen LogP contribution in [0.5, 0.6) is 0 Å². The first kappa shape index (κ1) is 12.1. The standard InChI is InChI=1S/C5H11NO2.Na.H/c1-2-3-4-6-8-5-7;;/h5-6H,2-4H2,1H3;;. The van der Waals surface area contributed by atoms with Gasteiger partial charge in [-0.15, -0.1) is 0 Å². The van der Waals surface area contributed by atoms with Gasteiger partial charge < -0.3 is 4.84 Å². The minimum absolute atomic E-state index is 0. The van der Waals surface area contributed by atoms with Crippen LogP contribution in [0, 0.1) is 0 Å². The van der Waals surface area contributed by atoms with Gasteiger partial charge in [0.1, 0.15) is 0 Å². The summed E-state index contributed by atoms with van der Waals surface area (Å²) in [4.78, 5) is 13.7. The van der Waals surface area contributed by atoms with Crippen molar-refractivity contribution in [1.29, 1.82) is 0 Å². The van der Waals surface area contributed by atoms with Crippen molar-refractivity contribution < 1.29 is 9.63 Å². The third kappa shape index (κ3) is 11.8. The fourth-order valence-corrected chi connectivity index (χ4v) is 0.342. The molecule has 0 aromatic heterocycles. The van der Waals surface area contributed by atoms with E-state index in [-0.39, 0.29) is 29.6 Å². The Kier molecular flexibility index (Phi) is 15.2. The second-order valence-corrected chi connectivity index (χ2v) is 1.46. The van der Waals surface area contributed by atoms with Gasteiger partial charge in [0, 0.05) is 6.54 Å². The summed E-state index contributed by atoms with van der Waals surface area (Å²) in [5, 5.41) is 0. The van der Waals surface area contributed by atoms with Gasteiger partial charge >= 0.3 is 36.0 Å². The van der Waals surface area contributed by atoms with Gasteiger partial charge in [0.15, 0.2) is 0 Å². The van der Waals surface area contributed by atoms with Crippen LogP contribution in [0.4, 0.5) is 0 Å². The molecule has 0 aliphatic heterocycles. The van der Waals surface area contributed by atoms with E-state index in [2.05, 4.69) is 17.2 Å². The molecule has 0 unspecified atom stereocenters. The monoisotopic (exact) mass is 141 g/mol. The van der Waals surface area contributed by atoms with Crippen molar-refractivity contribution in [1.82, 2.24) is 5.48 Å².